The summed E-state index contributed by atoms with van der Waals surface area (Å²) >= 11 is 0. The van der Waals surface area contributed by atoms with Crippen molar-refractivity contribution in [3.8, 4) is 11.3 Å². The maximum absolute atomic E-state index is 13.0. The summed E-state index contributed by atoms with van der Waals surface area (Å²) in [6.45, 7) is 1.50. The van der Waals surface area contributed by atoms with Gasteiger partial charge < -0.3 is 10.2 Å². The monoisotopic (exact) mass is 439 g/mol. The zero-order valence-corrected chi connectivity index (χ0v) is 18.7. The van der Waals surface area contributed by atoms with Gasteiger partial charge in [-0.3, -0.25) is 9.78 Å². The van der Waals surface area contributed by atoms with Gasteiger partial charge in [-0.15, -0.1) is 0 Å². The number of benzene rings is 1. The second-order valence-corrected chi connectivity index (χ2v) is 8.87. The first-order chi connectivity index (χ1) is 16.2. The van der Waals surface area contributed by atoms with Crippen LogP contribution in [0.1, 0.15) is 43.8 Å². The number of hydrogen-bond acceptors (Lipinski definition) is 5. The molecule has 2 atom stereocenters. The summed E-state index contributed by atoms with van der Waals surface area (Å²) in [7, 11) is 0. The summed E-state index contributed by atoms with van der Waals surface area (Å²) in [6, 6.07) is 15.9. The van der Waals surface area contributed by atoms with Crippen molar-refractivity contribution < 1.29 is 4.79 Å². The van der Waals surface area contributed by atoms with Crippen LogP contribution in [0.25, 0.3) is 11.3 Å². The summed E-state index contributed by atoms with van der Waals surface area (Å²) in [5.74, 6) is 2.33. The molecule has 0 unspecified atom stereocenters. The van der Waals surface area contributed by atoms with Crippen LogP contribution in [-0.4, -0.2) is 38.8 Å². The molecule has 1 saturated heterocycles. The second-order valence-electron chi connectivity index (χ2n) is 8.87. The number of amides is 1. The van der Waals surface area contributed by atoms with E-state index in [0.717, 1.165) is 60.8 Å². The van der Waals surface area contributed by atoms with Crippen LogP contribution >= 0.6 is 0 Å². The molecule has 1 aliphatic heterocycles. The van der Waals surface area contributed by atoms with Gasteiger partial charge in [0.05, 0.1) is 5.69 Å². The number of para-hydroxylation sites is 1. The minimum absolute atomic E-state index is 0.125. The fourth-order valence-corrected chi connectivity index (χ4v) is 4.69. The Morgan fingerprint density at radius 3 is 2.70 bits per heavy atom. The van der Waals surface area contributed by atoms with E-state index >= 15 is 0 Å². The number of aromatic nitrogens is 3. The Balaban J connectivity index is 1.40. The fraction of sp³-hybridized carbons (Fsp3) is 0.333. The molecular weight excluding hydrogens is 410 g/mol. The zero-order valence-electron chi connectivity index (χ0n) is 18.7. The maximum Gasteiger partial charge on any atom is 0.223 e. The molecular formula is C27H29N5O. The normalized spacial score (nSPS) is 20.1. The number of nitrogens with zero attached hydrogens (tertiary/aromatic N) is 4. The van der Waals surface area contributed by atoms with Crippen LogP contribution in [0.15, 0.2) is 73.1 Å². The molecule has 0 radical (unpaired) electrons. The molecule has 3 heterocycles. The van der Waals surface area contributed by atoms with E-state index < -0.39 is 0 Å². The van der Waals surface area contributed by atoms with Crippen LogP contribution < -0.4 is 5.32 Å². The molecule has 1 aliphatic carbocycles. The molecule has 1 amide bonds. The van der Waals surface area contributed by atoms with Crippen LogP contribution in [0.4, 0.5) is 11.5 Å². The van der Waals surface area contributed by atoms with Crippen molar-refractivity contribution in [1.29, 1.82) is 0 Å². The lowest BCUT2D eigenvalue weighted by Crippen LogP contribution is -2.40. The minimum atomic E-state index is 0.125. The number of carbonyl (C=O) groups excluding carboxylic acids is 1. The highest BCUT2D eigenvalue weighted by molar-refractivity contribution is 5.77. The van der Waals surface area contributed by atoms with Gasteiger partial charge >= 0.3 is 0 Å². The average Bonchev–Trinajstić information content (AvgIpc) is 3.38. The number of hydrogen-bond donors (Lipinski definition) is 1. The molecule has 2 aromatic heterocycles. The van der Waals surface area contributed by atoms with E-state index in [1.54, 1.807) is 12.4 Å². The molecule has 0 spiro atoms. The van der Waals surface area contributed by atoms with E-state index in [1.807, 2.05) is 53.4 Å². The number of nitrogens with one attached hydrogen (secondary N) is 1. The Hall–Kier alpha value is -3.54. The SMILES string of the molecule is O=C(C[C@@H]1C=CCC1)N1CCC[C@@H](c2nc(Nc3ccccc3)cc(-c3ccncc3)n2)C1. The van der Waals surface area contributed by atoms with E-state index in [1.165, 1.54) is 0 Å². The van der Waals surface area contributed by atoms with Crippen molar-refractivity contribution in [3.63, 3.8) is 0 Å². The molecule has 1 fully saturated rings. The lowest BCUT2D eigenvalue weighted by Gasteiger charge is -2.33. The van der Waals surface area contributed by atoms with Crippen LogP contribution in [0.3, 0.4) is 0 Å². The van der Waals surface area contributed by atoms with Crippen LogP contribution in [0.5, 0.6) is 0 Å². The molecule has 33 heavy (non-hydrogen) atoms. The Labute approximate surface area is 194 Å². The van der Waals surface area contributed by atoms with Gasteiger partial charge in [0.1, 0.15) is 11.6 Å². The zero-order chi connectivity index (χ0) is 22.5. The fourth-order valence-electron chi connectivity index (χ4n) is 4.69. The number of likely N-dealkylation sites (tertiary alicyclic amines) is 1. The summed E-state index contributed by atoms with van der Waals surface area (Å²) in [6.07, 6.45) is 12.7. The van der Waals surface area contributed by atoms with Gasteiger partial charge in [-0.2, -0.15) is 0 Å². The van der Waals surface area contributed by atoms with Crippen molar-refractivity contribution in [2.75, 3.05) is 18.4 Å². The summed E-state index contributed by atoms with van der Waals surface area (Å²) in [4.78, 5) is 28.9. The van der Waals surface area contributed by atoms with Crippen LogP contribution in [0, 0.1) is 5.92 Å². The number of pyridine rings is 1. The van der Waals surface area contributed by atoms with E-state index in [0.29, 0.717) is 18.9 Å². The predicted molar refractivity (Wildman–Crippen MR) is 130 cm³/mol. The highest BCUT2D eigenvalue weighted by atomic mass is 16.2. The van der Waals surface area contributed by atoms with Crippen molar-refractivity contribution in [2.45, 2.75) is 38.0 Å². The number of allylic oxidation sites excluding steroid dienone is 2. The molecule has 0 saturated carbocycles. The highest BCUT2D eigenvalue weighted by Gasteiger charge is 2.28. The Kier molecular flexibility index (Phi) is 6.42. The summed E-state index contributed by atoms with van der Waals surface area (Å²) in [5, 5.41) is 3.42. The van der Waals surface area contributed by atoms with Gasteiger partial charge in [0.15, 0.2) is 0 Å². The standard InChI is InChI=1S/C27H29N5O/c33-26(17-20-7-4-5-8-20)32-16-6-9-22(19-32)27-30-24(21-12-14-28-15-13-21)18-25(31-27)29-23-10-2-1-3-11-23/h1-4,7,10-15,18,20,22H,5-6,8-9,16-17,19H2,(H,29,30,31)/t20-,22-/m1/s1. The number of anilines is 2. The molecule has 6 nitrogen and oxygen atoms in total. The van der Waals surface area contributed by atoms with Crippen LogP contribution in [-0.2, 0) is 4.79 Å². The molecule has 1 aromatic carbocycles. The molecule has 0 bridgehead atoms. The van der Waals surface area contributed by atoms with Gasteiger partial charge in [-0.05, 0) is 55.9 Å². The second kappa shape index (κ2) is 9.94. The molecule has 2 aliphatic rings. The van der Waals surface area contributed by atoms with Gasteiger partial charge in [0.2, 0.25) is 5.91 Å². The predicted octanol–water partition coefficient (Wildman–Crippen LogP) is 5.34. The van der Waals surface area contributed by atoms with Crippen molar-refractivity contribution in [2.24, 2.45) is 5.92 Å². The molecule has 5 rings (SSSR count). The maximum atomic E-state index is 13.0. The number of carbonyl (C=O) groups is 1. The molecule has 6 heteroatoms. The van der Waals surface area contributed by atoms with E-state index in [-0.39, 0.29) is 11.8 Å². The molecule has 1 N–H and O–H groups in total. The van der Waals surface area contributed by atoms with Crippen molar-refractivity contribution in [1.82, 2.24) is 19.9 Å². The van der Waals surface area contributed by atoms with Crippen LogP contribution in [0.2, 0.25) is 0 Å². The van der Waals surface area contributed by atoms with E-state index in [4.69, 9.17) is 9.97 Å². The van der Waals surface area contributed by atoms with E-state index in [9.17, 15) is 4.79 Å². The lowest BCUT2D eigenvalue weighted by molar-refractivity contribution is -0.133. The number of piperidine rings is 1. The summed E-state index contributed by atoms with van der Waals surface area (Å²) < 4.78 is 0. The minimum Gasteiger partial charge on any atom is -0.342 e. The Bertz CT molecular complexity index is 1120. The van der Waals surface area contributed by atoms with Gasteiger partial charge in [0, 0.05) is 55.1 Å². The van der Waals surface area contributed by atoms with E-state index in [2.05, 4.69) is 22.5 Å². The Morgan fingerprint density at radius 2 is 1.91 bits per heavy atom. The largest absolute Gasteiger partial charge is 0.342 e. The summed E-state index contributed by atoms with van der Waals surface area (Å²) in [5.41, 5.74) is 2.84. The highest BCUT2D eigenvalue weighted by Crippen LogP contribution is 2.30. The quantitative estimate of drug-likeness (QED) is 0.525. The molecule has 168 valence electrons. The van der Waals surface area contributed by atoms with Gasteiger partial charge in [0.25, 0.3) is 0 Å². The van der Waals surface area contributed by atoms with Gasteiger partial charge in [-0.1, -0.05) is 30.4 Å². The van der Waals surface area contributed by atoms with Gasteiger partial charge in [-0.25, -0.2) is 9.97 Å². The lowest BCUT2D eigenvalue weighted by atomic mass is 9.95. The smallest absolute Gasteiger partial charge is 0.223 e. The van der Waals surface area contributed by atoms with Crippen molar-refractivity contribution in [3.05, 3.63) is 78.9 Å². The average molecular weight is 440 g/mol. The third-order valence-corrected chi connectivity index (χ3v) is 6.45. The number of rotatable bonds is 6. The first-order valence-corrected chi connectivity index (χ1v) is 11.8. The third-order valence-electron chi connectivity index (χ3n) is 6.45. The molecule has 3 aromatic rings. The topological polar surface area (TPSA) is 71.0 Å². The third kappa shape index (κ3) is 5.28. The Morgan fingerprint density at radius 1 is 1.06 bits per heavy atom. The first-order valence-electron chi connectivity index (χ1n) is 11.8. The first kappa shape index (κ1) is 21.3. The van der Waals surface area contributed by atoms with Crippen molar-refractivity contribution >= 4 is 17.4 Å².